The van der Waals surface area contributed by atoms with E-state index in [0.29, 0.717) is 44.9 Å². The maximum absolute atomic E-state index is 13.1. The van der Waals surface area contributed by atoms with Crippen molar-refractivity contribution < 1.29 is 13.2 Å². The predicted molar refractivity (Wildman–Crippen MR) is 135 cm³/mol. The van der Waals surface area contributed by atoms with Crippen molar-refractivity contribution in [1.29, 1.82) is 0 Å². The Morgan fingerprint density at radius 2 is 1.91 bits per heavy atom. The van der Waals surface area contributed by atoms with Crippen LogP contribution in [0.2, 0.25) is 0 Å². The highest BCUT2D eigenvalue weighted by molar-refractivity contribution is 7.92. The van der Waals surface area contributed by atoms with Crippen LogP contribution in [0.25, 0.3) is 17.0 Å². The molecule has 1 spiro atoms. The lowest BCUT2D eigenvalue weighted by Gasteiger charge is -2.34. The quantitative estimate of drug-likeness (QED) is 0.658. The highest BCUT2D eigenvalue weighted by Gasteiger charge is 2.48. The number of amidine groups is 1. The Bertz CT molecular complexity index is 1230. The number of nitrogens with one attached hydrogen (secondary N) is 1. The standard InChI is InChI=1S/C25H33N5O3S/c26-13-17-29-14-9-21-19(7-4-8-22(21)29)10-18-34(32,33)30-15-11-25(12-16-30)24(31)27-23(28-25)20-5-2-1-3-6-20/h4,7-10,14,18,20H,1-3,5-6,11-13,15-17,26H2,(H,27,28,31)/b18-10+. The molecule has 1 saturated heterocycles. The summed E-state index contributed by atoms with van der Waals surface area (Å²) < 4.78 is 29.7. The molecular formula is C25H33N5O3S. The number of hydrogen-bond acceptors (Lipinski definition) is 5. The molecule has 5 rings (SSSR count). The van der Waals surface area contributed by atoms with Crippen LogP contribution >= 0.6 is 0 Å². The van der Waals surface area contributed by atoms with Crippen LogP contribution in [-0.2, 0) is 21.4 Å². The van der Waals surface area contributed by atoms with Crippen LogP contribution in [0.15, 0.2) is 40.9 Å². The molecule has 182 valence electrons. The molecular weight excluding hydrogens is 450 g/mol. The number of aliphatic imine (C=N–C) groups is 1. The monoisotopic (exact) mass is 483 g/mol. The number of sulfonamides is 1. The first-order chi connectivity index (χ1) is 16.4. The van der Waals surface area contributed by atoms with Gasteiger partial charge in [0.2, 0.25) is 10.0 Å². The van der Waals surface area contributed by atoms with Gasteiger partial charge in [-0.1, -0.05) is 31.4 Å². The summed E-state index contributed by atoms with van der Waals surface area (Å²) in [6.07, 6.45) is 10.2. The smallest absolute Gasteiger partial charge is 0.253 e. The Hall–Kier alpha value is -2.49. The zero-order chi connectivity index (χ0) is 23.8. The third kappa shape index (κ3) is 4.32. The van der Waals surface area contributed by atoms with Crippen molar-refractivity contribution in [2.24, 2.45) is 16.6 Å². The number of rotatable bonds is 6. The third-order valence-electron chi connectivity index (χ3n) is 7.54. The normalized spacial score (nSPS) is 22.0. The molecule has 1 aromatic heterocycles. The van der Waals surface area contributed by atoms with E-state index in [-0.39, 0.29) is 5.91 Å². The second-order valence-electron chi connectivity index (χ2n) is 9.64. The minimum Gasteiger partial charge on any atom is -0.346 e. The highest BCUT2D eigenvalue weighted by Crippen LogP contribution is 2.35. The molecule has 0 atom stereocenters. The fourth-order valence-electron chi connectivity index (χ4n) is 5.53. The maximum Gasteiger partial charge on any atom is 0.253 e. The third-order valence-corrected chi connectivity index (χ3v) is 9.10. The fraction of sp³-hybridized carbons (Fsp3) is 0.520. The SMILES string of the molecule is NCCn1ccc2c(/C=C/S(=O)(=O)N3CCC4(CC3)N=C(C3CCCCC3)NC4=O)cccc21. The predicted octanol–water partition coefficient (Wildman–Crippen LogP) is 2.84. The van der Waals surface area contributed by atoms with Gasteiger partial charge in [-0.05, 0) is 49.5 Å². The van der Waals surface area contributed by atoms with Crippen molar-refractivity contribution in [2.75, 3.05) is 19.6 Å². The van der Waals surface area contributed by atoms with Crippen molar-refractivity contribution in [3.8, 4) is 0 Å². The van der Waals surface area contributed by atoms with Crippen LogP contribution in [0.1, 0.15) is 50.5 Å². The van der Waals surface area contributed by atoms with E-state index in [0.717, 1.165) is 35.1 Å². The summed E-state index contributed by atoms with van der Waals surface area (Å²) in [6, 6.07) is 7.84. The number of hydrogen-bond donors (Lipinski definition) is 2. The number of amides is 1. The topological polar surface area (TPSA) is 110 Å². The van der Waals surface area contributed by atoms with Crippen molar-refractivity contribution in [3.05, 3.63) is 41.4 Å². The Labute approximate surface area is 200 Å². The van der Waals surface area contributed by atoms with Gasteiger partial charge in [0, 0.05) is 54.6 Å². The molecule has 2 aliphatic heterocycles. The molecule has 0 bridgehead atoms. The van der Waals surface area contributed by atoms with Gasteiger partial charge >= 0.3 is 0 Å². The first-order valence-electron chi connectivity index (χ1n) is 12.3. The number of piperidine rings is 1. The zero-order valence-corrected chi connectivity index (χ0v) is 20.3. The van der Waals surface area contributed by atoms with E-state index in [2.05, 4.69) is 9.88 Å². The van der Waals surface area contributed by atoms with Gasteiger partial charge in [0.1, 0.15) is 11.4 Å². The van der Waals surface area contributed by atoms with Crippen molar-refractivity contribution in [1.82, 2.24) is 14.2 Å². The summed E-state index contributed by atoms with van der Waals surface area (Å²) in [4.78, 5) is 17.7. The molecule has 1 aliphatic carbocycles. The van der Waals surface area contributed by atoms with Crippen molar-refractivity contribution in [3.63, 3.8) is 0 Å². The van der Waals surface area contributed by atoms with Gasteiger partial charge in [0.15, 0.2) is 0 Å². The Morgan fingerprint density at radius 1 is 1.15 bits per heavy atom. The van der Waals surface area contributed by atoms with Crippen LogP contribution in [0.4, 0.5) is 0 Å². The Kier molecular flexibility index (Phi) is 6.35. The van der Waals surface area contributed by atoms with Gasteiger partial charge < -0.3 is 15.6 Å². The minimum absolute atomic E-state index is 0.0608. The van der Waals surface area contributed by atoms with Crippen LogP contribution < -0.4 is 11.1 Å². The van der Waals surface area contributed by atoms with Gasteiger partial charge in [0.25, 0.3) is 5.91 Å². The molecule has 0 radical (unpaired) electrons. The van der Waals surface area contributed by atoms with Crippen molar-refractivity contribution in [2.45, 2.75) is 57.0 Å². The summed E-state index contributed by atoms with van der Waals surface area (Å²) in [5.74, 6) is 1.11. The first kappa shape index (κ1) is 23.3. The maximum atomic E-state index is 13.1. The number of carbonyl (C=O) groups is 1. The number of benzene rings is 1. The molecule has 0 unspecified atom stereocenters. The Morgan fingerprint density at radius 3 is 2.65 bits per heavy atom. The van der Waals surface area contributed by atoms with Crippen LogP contribution in [0.5, 0.6) is 0 Å². The number of fused-ring (bicyclic) bond motifs is 1. The molecule has 2 aromatic rings. The van der Waals surface area contributed by atoms with Gasteiger partial charge in [-0.3, -0.25) is 9.79 Å². The van der Waals surface area contributed by atoms with E-state index >= 15 is 0 Å². The fourth-order valence-corrected chi connectivity index (χ4v) is 6.72. The lowest BCUT2D eigenvalue weighted by atomic mass is 9.88. The van der Waals surface area contributed by atoms with E-state index in [1.165, 1.54) is 29.0 Å². The lowest BCUT2D eigenvalue weighted by Crippen LogP contribution is -2.50. The summed E-state index contributed by atoms with van der Waals surface area (Å²) in [7, 11) is -3.61. The highest BCUT2D eigenvalue weighted by atomic mass is 32.2. The van der Waals surface area contributed by atoms with Gasteiger partial charge in [0.05, 0.1) is 0 Å². The zero-order valence-electron chi connectivity index (χ0n) is 19.4. The lowest BCUT2D eigenvalue weighted by molar-refractivity contribution is -0.124. The number of aromatic nitrogens is 1. The van der Waals surface area contributed by atoms with E-state index in [1.54, 1.807) is 6.08 Å². The first-order valence-corrected chi connectivity index (χ1v) is 13.8. The van der Waals surface area contributed by atoms with Gasteiger partial charge in [-0.15, -0.1) is 0 Å². The Balaban J connectivity index is 1.29. The summed E-state index contributed by atoms with van der Waals surface area (Å²) in [6.45, 7) is 1.83. The van der Waals surface area contributed by atoms with E-state index in [9.17, 15) is 13.2 Å². The van der Waals surface area contributed by atoms with Crippen LogP contribution in [-0.4, -0.2) is 54.2 Å². The molecule has 2 fully saturated rings. The molecule has 1 aromatic carbocycles. The van der Waals surface area contributed by atoms with E-state index < -0.39 is 15.6 Å². The molecule has 8 nitrogen and oxygen atoms in total. The largest absolute Gasteiger partial charge is 0.346 e. The van der Waals surface area contributed by atoms with Crippen LogP contribution in [0.3, 0.4) is 0 Å². The average molecular weight is 484 g/mol. The molecule has 1 amide bonds. The molecule has 3 N–H and O–H groups in total. The van der Waals surface area contributed by atoms with E-state index in [1.807, 2.05) is 30.5 Å². The van der Waals surface area contributed by atoms with Gasteiger partial charge in [-0.2, -0.15) is 4.31 Å². The summed E-state index contributed by atoms with van der Waals surface area (Å²) >= 11 is 0. The average Bonchev–Trinajstić information content (AvgIpc) is 3.40. The second-order valence-corrected chi connectivity index (χ2v) is 11.5. The molecule has 3 heterocycles. The molecule has 1 saturated carbocycles. The van der Waals surface area contributed by atoms with Crippen LogP contribution in [0, 0.1) is 5.92 Å². The van der Waals surface area contributed by atoms with Crippen molar-refractivity contribution >= 4 is 38.7 Å². The number of nitrogens with zero attached hydrogens (tertiary/aromatic N) is 3. The van der Waals surface area contributed by atoms with E-state index in [4.69, 9.17) is 10.7 Å². The second kappa shape index (κ2) is 9.28. The molecule has 34 heavy (non-hydrogen) atoms. The molecule has 3 aliphatic rings. The number of nitrogens with two attached hydrogens (primary N) is 1. The minimum atomic E-state index is -3.61. The molecule has 9 heteroatoms. The summed E-state index contributed by atoms with van der Waals surface area (Å²) in [5, 5.41) is 5.31. The summed E-state index contributed by atoms with van der Waals surface area (Å²) in [5.41, 5.74) is 6.77. The number of carbonyl (C=O) groups excluding carboxylic acids is 1. The van der Waals surface area contributed by atoms with Gasteiger partial charge in [-0.25, -0.2) is 8.42 Å².